The summed E-state index contributed by atoms with van der Waals surface area (Å²) < 4.78 is 7.46. The Balaban J connectivity index is 1.76. The molecule has 0 saturated carbocycles. The van der Waals surface area contributed by atoms with Crippen LogP contribution in [0.5, 0.6) is 0 Å². The van der Waals surface area contributed by atoms with Gasteiger partial charge in [-0.3, -0.25) is 9.36 Å². The van der Waals surface area contributed by atoms with Crippen LogP contribution in [0.4, 0.5) is 0 Å². The van der Waals surface area contributed by atoms with E-state index in [0.717, 1.165) is 27.7 Å². The summed E-state index contributed by atoms with van der Waals surface area (Å²) in [7, 11) is 0. The molecule has 6 nitrogen and oxygen atoms in total. The third kappa shape index (κ3) is 3.71. The number of hydrogen-bond donors (Lipinski definition) is 1. The fraction of sp³-hybridized carbons (Fsp3) is 0.192. The Morgan fingerprint density at radius 2 is 1.94 bits per heavy atom. The lowest BCUT2D eigenvalue weighted by Crippen LogP contribution is -2.39. The van der Waals surface area contributed by atoms with Crippen molar-refractivity contribution in [3.8, 4) is 0 Å². The summed E-state index contributed by atoms with van der Waals surface area (Å²) in [6.07, 6.45) is 1.90. The molecule has 1 N–H and O–H groups in total. The van der Waals surface area contributed by atoms with Crippen LogP contribution in [0.25, 0.3) is 17.0 Å². The quantitative estimate of drug-likeness (QED) is 0.434. The normalized spacial score (nSPS) is 16.0. The van der Waals surface area contributed by atoms with Gasteiger partial charge in [-0.05, 0) is 50.6 Å². The van der Waals surface area contributed by atoms with Crippen LogP contribution >= 0.6 is 22.9 Å². The first-order valence-electron chi connectivity index (χ1n) is 10.9. The smallest absolute Gasteiger partial charge is 0.338 e. The standard InChI is InChI=1S/C26H22ClN3O3S/c1-4-33-25(32)22-15(3)29-26-30(23(22)16-9-11-17(27)12-10-16)24(31)21(34-26)13-19-14(2)28-20-8-6-5-7-18(19)20/h5-13,23,28H,4H2,1-3H3/b21-13-/t23-/m1/s1. The van der Waals surface area contributed by atoms with E-state index in [1.165, 1.54) is 11.3 Å². The summed E-state index contributed by atoms with van der Waals surface area (Å²) in [6.45, 7) is 5.75. The highest BCUT2D eigenvalue weighted by atomic mass is 35.5. The van der Waals surface area contributed by atoms with Crippen molar-refractivity contribution >= 4 is 45.9 Å². The Morgan fingerprint density at radius 3 is 2.68 bits per heavy atom. The van der Waals surface area contributed by atoms with Gasteiger partial charge in [-0.25, -0.2) is 9.79 Å². The predicted octanol–water partition coefficient (Wildman–Crippen LogP) is 4.24. The summed E-state index contributed by atoms with van der Waals surface area (Å²) in [5.74, 6) is -0.481. The van der Waals surface area contributed by atoms with Crippen LogP contribution in [-0.2, 0) is 9.53 Å². The molecule has 2 aromatic carbocycles. The number of rotatable bonds is 4. The Hall–Kier alpha value is -3.42. The molecular formula is C26H22ClN3O3S. The molecule has 0 radical (unpaired) electrons. The molecule has 34 heavy (non-hydrogen) atoms. The number of carbonyl (C=O) groups excluding carboxylic acids is 1. The first kappa shape index (κ1) is 22.4. The molecule has 2 aromatic heterocycles. The molecule has 1 aliphatic rings. The Labute approximate surface area is 204 Å². The van der Waals surface area contributed by atoms with Gasteiger partial charge in [0.05, 0.1) is 28.5 Å². The Morgan fingerprint density at radius 1 is 1.21 bits per heavy atom. The van der Waals surface area contributed by atoms with E-state index in [1.54, 1.807) is 30.5 Å². The molecule has 4 aromatic rings. The number of aromatic amines is 1. The molecule has 172 valence electrons. The molecule has 0 unspecified atom stereocenters. The van der Waals surface area contributed by atoms with Crippen molar-refractivity contribution in [2.75, 3.05) is 6.61 Å². The van der Waals surface area contributed by atoms with Gasteiger partial charge in [-0.1, -0.05) is 53.3 Å². The number of benzene rings is 2. The van der Waals surface area contributed by atoms with Gasteiger partial charge in [0.1, 0.15) is 0 Å². The first-order chi connectivity index (χ1) is 16.4. The zero-order valence-corrected chi connectivity index (χ0v) is 20.5. The predicted molar refractivity (Wildman–Crippen MR) is 135 cm³/mol. The number of ether oxygens (including phenoxy) is 1. The third-order valence-corrected chi connectivity index (χ3v) is 7.16. The number of carbonyl (C=O) groups is 1. The zero-order chi connectivity index (χ0) is 24.0. The molecule has 0 spiro atoms. The number of esters is 1. The van der Waals surface area contributed by atoms with Crippen molar-refractivity contribution in [3.05, 3.63) is 101 Å². The number of thiazole rings is 1. The van der Waals surface area contributed by atoms with Gasteiger partial charge < -0.3 is 9.72 Å². The number of allylic oxidation sites excluding steroid dienone is 1. The maximum Gasteiger partial charge on any atom is 0.338 e. The SMILES string of the molecule is CCOC(=O)C1=C(C)N=c2s/c(=C\c3c(C)[nH]c4ccccc34)c(=O)n2[C@@H]1c1ccc(Cl)cc1. The highest BCUT2D eigenvalue weighted by Crippen LogP contribution is 2.31. The van der Waals surface area contributed by atoms with Gasteiger partial charge >= 0.3 is 5.97 Å². The molecule has 1 aliphatic heterocycles. The lowest BCUT2D eigenvalue weighted by atomic mass is 9.96. The summed E-state index contributed by atoms with van der Waals surface area (Å²) in [5.41, 5.74) is 4.40. The van der Waals surface area contributed by atoms with Gasteiger partial charge in [0.2, 0.25) is 0 Å². The number of nitrogens with zero attached hydrogens (tertiary/aromatic N) is 2. The lowest BCUT2D eigenvalue weighted by Gasteiger charge is -2.24. The van der Waals surface area contributed by atoms with Crippen LogP contribution < -0.4 is 14.9 Å². The van der Waals surface area contributed by atoms with Crippen molar-refractivity contribution in [1.82, 2.24) is 9.55 Å². The minimum Gasteiger partial charge on any atom is -0.463 e. The van der Waals surface area contributed by atoms with Crippen molar-refractivity contribution in [3.63, 3.8) is 0 Å². The number of H-pyrrole nitrogens is 1. The molecule has 0 bridgehead atoms. The van der Waals surface area contributed by atoms with E-state index >= 15 is 0 Å². The topological polar surface area (TPSA) is 76.4 Å². The van der Waals surface area contributed by atoms with Gasteiger partial charge in [0.25, 0.3) is 5.56 Å². The number of para-hydroxylation sites is 1. The highest BCUT2D eigenvalue weighted by molar-refractivity contribution is 7.07. The summed E-state index contributed by atoms with van der Waals surface area (Å²) in [4.78, 5) is 35.2. The molecule has 5 rings (SSSR count). The van der Waals surface area contributed by atoms with E-state index < -0.39 is 12.0 Å². The summed E-state index contributed by atoms with van der Waals surface area (Å²) in [6, 6.07) is 14.5. The fourth-order valence-electron chi connectivity index (χ4n) is 4.37. The van der Waals surface area contributed by atoms with E-state index in [2.05, 4.69) is 9.98 Å². The molecule has 3 heterocycles. The third-order valence-electron chi connectivity index (χ3n) is 5.92. The number of aromatic nitrogens is 2. The molecule has 8 heteroatoms. The van der Waals surface area contributed by atoms with Crippen LogP contribution in [0.3, 0.4) is 0 Å². The second-order valence-electron chi connectivity index (χ2n) is 8.06. The monoisotopic (exact) mass is 491 g/mol. The zero-order valence-electron chi connectivity index (χ0n) is 18.9. The second-order valence-corrected chi connectivity index (χ2v) is 9.51. The van der Waals surface area contributed by atoms with Crippen LogP contribution in [0.1, 0.15) is 36.7 Å². The van der Waals surface area contributed by atoms with E-state index in [0.29, 0.717) is 25.6 Å². The van der Waals surface area contributed by atoms with Crippen LogP contribution in [0, 0.1) is 6.92 Å². The van der Waals surface area contributed by atoms with Crippen molar-refractivity contribution < 1.29 is 9.53 Å². The van der Waals surface area contributed by atoms with Crippen molar-refractivity contribution in [2.45, 2.75) is 26.8 Å². The van der Waals surface area contributed by atoms with E-state index in [4.69, 9.17) is 16.3 Å². The molecule has 1 atom stereocenters. The van der Waals surface area contributed by atoms with E-state index in [9.17, 15) is 9.59 Å². The van der Waals surface area contributed by atoms with Gasteiger partial charge in [-0.15, -0.1) is 0 Å². The number of nitrogens with one attached hydrogen (secondary N) is 1. The maximum absolute atomic E-state index is 13.7. The first-order valence-corrected chi connectivity index (χ1v) is 12.1. The van der Waals surface area contributed by atoms with E-state index in [-0.39, 0.29) is 12.2 Å². The summed E-state index contributed by atoms with van der Waals surface area (Å²) >= 11 is 7.42. The minimum atomic E-state index is -0.654. The lowest BCUT2D eigenvalue weighted by molar-refractivity contribution is -0.139. The highest BCUT2D eigenvalue weighted by Gasteiger charge is 2.33. The number of aryl methyl sites for hydroxylation is 1. The van der Waals surface area contributed by atoms with Crippen LogP contribution in [-0.4, -0.2) is 22.1 Å². The van der Waals surface area contributed by atoms with Crippen molar-refractivity contribution in [1.29, 1.82) is 0 Å². The molecule has 0 saturated heterocycles. The number of hydrogen-bond acceptors (Lipinski definition) is 5. The average Bonchev–Trinajstić information content (AvgIpc) is 3.29. The van der Waals surface area contributed by atoms with Gasteiger partial charge in [0.15, 0.2) is 4.80 Å². The van der Waals surface area contributed by atoms with E-state index in [1.807, 2.05) is 49.4 Å². The maximum atomic E-state index is 13.7. The number of halogens is 1. The Kier molecular flexibility index (Phi) is 5.75. The largest absolute Gasteiger partial charge is 0.463 e. The molecular weight excluding hydrogens is 470 g/mol. The second kappa shape index (κ2) is 8.74. The molecule has 0 fully saturated rings. The summed E-state index contributed by atoms with van der Waals surface area (Å²) in [5, 5.41) is 1.62. The fourth-order valence-corrected chi connectivity index (χ4v) is 5.52. The average molecular weight is 492 g/mol. The number of fused-ring (bicyclic) bond motifs is 2. The molecule has 0 aliphatic carbocycles. The Bertz CT molecular complexity index is 1640. The van der Waals surface area contributed by atoms with Gasteiger partial charge in [0, 0.05) is 27.2 Å². The minimum absolute atomic E-state index is 0.206. The van der Waals surface area contributed by atoms with Crippen LogP contribution in [0.2, 0.25) is 5.02 Å². The van der Waals surface area contributed by atoms with Crippen molar-refractivity contribution in [2.24, 2.45) is 4.99 Å². The van der Waals surface area contributed by atoms with Gasteiger partial charge in [-0.2, -0.15) is 0 Å². The molecule has 0 amide bonds. The van der Waals surface area contributed by atoms with Crippen LogP contribution in [0.15, 0.2) is 69.6 Å².